The molecule has 116 valence electrons. The molecule has 0 aliphatic rings. The molecule has 0 radical (unpaired) electrons. The molecule has 6 nitrogen and oxygen atoms in total. The van der Waals surface area contributed by atoms with Crippen LogP contribution in [-0.2, 0) is 16.0 Å². The summed E-state index contributed by atoms with van der Waals surface area (Å²) >= 11 is 0. The Hall–Kier alpha value is -2.08. The molecule has 1 rings (SSSR count). The van der Waals surface area contributed by atoms with Crippen molar-refractivity contribution in [2.75, 3.05) is 6.54 Å². The largest absolute Gasteiger partial charge is 0.508 e. The minimum atomic E-state index is -1.08. The lowest BCUT2D eigenvalue weighted by atomic mass is 10.0. The van der Waals surface area contributed by atoms with Gasteiger partial charge < -0.3 is 21.3 Å². The maximum Gasteiger partial charge on any atom is 0.326 e. The van der Waals surface area contributed by atoms with Crippen LogP contribution in [0.5, 0.6) is 5.75 Å². The quantitative estimate of drug-likeness (QED) is 0.568. The molecule has 6 heteroatoms. The van der Waals surface area contributed by atoms with E-state index in [1.54, 1.807) is 19.1 Å². The molecule has 0 bridgehead atoms. The Bertz CT molecular complexity index is 473. The van der Waals surface area contributed by atoms with Gasteiger partial charge in [-0.05, 0) is 37.1 Å². The number of carbonyl (C=O) groups is 2. The zero-order valence-corrected chi connectivity index (χ0v) is 12.1. The lowest BCUT2D eigenvalue weighted by molar-refractivity contribution is -0.142. The fourth-order valence-electron chi connectivity index (χ4n) is 1.94. The number of rotatable bonds is 8. The first kappa shape index (κ1) is 17.0. The van der Waals surface area contributed by atoms with Crippen molar-refractivity contribution in [1.29, 1.82) is 0 Å². The van der Waals surface area contributed by atoms with Crippen LogP contribution < -0.4 is 11.1 Å². The molecule has 5 N–H and O–H groups in total. The molecule has 0 heterocycles. The number of aromatic hydroxyl groups is 1. The van der Waals surface area contributed by atoms with Crippen LogP contribution in [0.3, 0.4) is 0 Å². The number of phenols is 1. The van der Waals surface area contributed by atoms with Crippen molar-refractivity contribution in [1.82, 2.24) is 5.32 Å². The van der Waals surface area contributed by atoms with E-state index in [1.807, 2.05) is 0 Å². The van der Waals surface area contributed by atoms with Gasteiger partial charge in [-0.2, -0.15) is 0 Å². The van der Waals surface area contributed by atoms with E-state index in [9.17, 15) is 19.8 Å². The van der Waals surface area contributed by atoms with Crippen molar-refractivity contribution in [2.24, 2.45) is 11.7 Å². The molecule has 2 atom stereocenters. The first-order chi connectivity index (χ1) is 9.93. The Morgan fingerprint density at radius 1 is 1.29 bits per heavy atom. The van der Waals surface area contributed by atoms with Crippen molar-refractivity contribution in [3.8, 4) is 5.75 Å². The first-order valence-electron chi connectivity index (χ1n) is 6.95. The molecule has 1 aromatic rings. The number of hydrogen-bond acceptors (Lipinski definition) is 4. The van der Waals surface area contributed by atoms with E-state index in [0.29, 0.717) is 13.0 Å². The highest BCUT2D eigenvalue weighted by Gasteiger charge is 2.23. The third-order valence-electron chi connectivity index (χ3n) is 3.28. The Kier molecular flexibility index (Phi) is 6.68. The molecule has 1 aromatic carbocycles. The van der Waals surface area contributed by atoms with Crippen LogP contribution in [-0.4, -0.2) is 34.7 Å². The number of phenolic OH excluding ortho intramolecular Hbond substituents is 1. The summed E-state index contributed by atoms with van der Waals surface area (Å²) < 4.78 is 0. The standard InChI is InChI=1S/C15H22N2O4/c1-10(3-2-8-16)14(19)17-13(15(20)21)9-11-4-6-12(18)7-5-11/h4-7,10,13,18H,2-3,8-9,16H2,1H3,(H,17,19)(H,20,21)/t10?,13-/m1/s1. The SMILES string of the molecule is CC(CCCN)C(=O)N[C@H](Cc1ccc(O)cc1)C(=O)O. The van der Waals surface area contributed by atoms with Crippen molar-refractivity contribution in [2.45, 2.75) is 32.2 Å². The van der Waals surface area contributed by atoms with Gasteiger partial charge in [0.15, 0.2) is 0 Å². The zero-order valence-electron chi connectivity index (χ0n) is 12.1. The van der Waals surface area contributed by atoms with Gasteiger partial charge in [0.25, 0.3) is 0 Å². The summed E-state index contributed by atoms with van der Waals surface area (Å²) in [7, 11) is 0. The summed E-state index contributed by atoms with van der Waals surface area (Å²) in [6.45, 7) is 2.26. The molecule has 0 saturated heterocycles. The molecule has 0 aliphatic carbocycles. The average molecular weight is 294 g/mol. The van der Waals surface area contributed by atoms with E-state index in [2.05, 4.69) is 5.32 Å². The number of carbonyl (C=O) groups excluding carboxylic acids is 1. The van der Waals surface area contributed by atoms with Crippen molar-refractivity contribution in [3.63, 3.8) is 0 Å². The number of nitrogens with two attached hydrogens (primary N) is 1. The van der Waals surface area contributed by atoms with Gasteiger partial charge in [-0.25, -0.2) is 4.79 Å². The van der Waals surface area contributed by atoms with Gasteiger partial charge in [-0.1, -0.05) is 19.1 Å². The minimum Gasteiger partial charge on any atom is -0.508 e. The molecule has 21 heavy (non-hydrogen) atoms. The number of nitrogens with one attached hydrogen (secondary N) is 1. The van der Waals surface area contributed by atoms with Crippen molar-refractivity contribution < 1.29 is 19.8 Å². The normalized spacial score (nSPS) is 13.4. The van der Waals surface area contributed by atoms with Gasteiger partial charge in [-0.3, -0.25) is 4.79 Å². The summed E-state index contributed by atoms with van der Waals surface area (Å²) in [5, 5.41) is 21.0. The lowest BCUT2D eigenvalue weighted by Gasteiger charge is -2.18. The lowest BCUT2D eigenvalue weighted by Crippen LogP contribution is -2.44. The Labute approximate surface area is 124 Å². The second-order valence-electron chi connectivity index (χ2n) is 5.10. The smallest absolute Gasteiger partial charge is 0.326 e. The highest BCUT2D eigenvalue weighted by atomic mass is 16.4. The molecule has 1 unspecified atom stereocenters. The second kappa shape index (κ2) is 8.26. The minimum absolute atomic E-state index is 0.116. The molecule has 1 amide bonds. The number of carboxylic acid groups (broad SMARTS) is 1. The maximum absolute atomic E-state index is 12.0. The average Bonchev–Trinajstić information content (AvgIpc) is 2.45. The fraction of sp³-hybridized carbons (Fsp3) is 0.467. The summed E-state index contributed by atoms with van der Waals surface area (Å²) in [5.74, 6) is -1.52. The summed E-state index contributed by atoms with van der Waals surface area (Å²) in [6.07, 6.45) is 1.53. The highest BCUT2D eigenvalue weighted by molar-refractivity contribution is 5.84. The van der Waals surface area contributed by atoms with Crippen LogP contribution in [0.4, 0.5) is 0 Å². The Morgan fingerprint density at radius 2 is 1.90 bits per heavy atom. The molecular formula is C15H22N2O4. The van der Waals surface area contributed by atoms with E-state index in [-0.39, 0.29) is 24.0 Å². The monoisotopic (exact) mass is 294 g/mol. The molecular weight excluding hydrogens is 272 g/mol. The predicted octanol–water partition coefficient (Wildman–Crippen LogP) is 0.879. The topological polar surface area (TPSA) is 113 Å². The van der Waals surface area contributed by atoms with Crippen LogP contribution in [0.25, 0.3) is 0 Å². The second-order valence-corrected chi connectivity index (χ2v) is 5.10. The summed E-state index contributed by atoms with van der Waals surface area (Å²) in [6, 6.07) is 5.26. The molecule has 0 aromatic heterocycles. The fourth-order valence-corrected chi connectivity index (χ4v) is 1.94. The molecule has 0 aliphatic heterocycles. The van der Waals surface area contributed by atoms with Gasteiger partial charge in [0.2, 0.25) is 5.91 Å². The first-order valence-corrected chi connectivity index (χ1v) is 6.95. The molecule has 0 saturated carbocycles. The van der Waals surface area contributed by atoms with Gasteiger partial charge in [0.05, 0.1) is 0 Å². The summed E-state index contributed by atoms with van der Waals surface area (Å²) in [5.41, 5.74) is 6.13. The van der Waals surface area contributed by atoms with Crippen LogP contribution in [0.15, 0.2) is 24.3 Å². The third kappa shape index (κ3) is 5.83. The van der Waals surface area contributed by atoms with E-state index in [4.69, 9.17) is 5.73 Å². The van der Waals surface area contributed by atoms with E-state index >= 15 is 0 Å². The van der Waals surface area contributed by atoms with Crippen LogP contribution in [0, 0.1) is 5.92 Å². The number of hydrogen-bond donors (Lipinski definition) is 4. The number of aliphatic carboxylic acids is 1. The maximum atomic E-state index is 12.0. The highest BCUT2D eigenvalue weighted by Crippen LogP contribution is 2.12. The predicted molar refractivity (Wildman–Crippen MR) is 78.8 cm³/mol. The zero-order chi connectivity index (χ0) is 15.8. The number of carboxylic acids is 1. The summed E-state index contributed by atoms with van der Waals surface area (Å²) in [4.78, 5) is 23.2. The van der Waals surface area contributed by atoms with Gasteiger partial charge in [0.1, 0.15) is 11.8 Å². The Morgan fingerprint density at radius 3 is 2.43 bits per heavy atom. The van der Waals surface area contributed by atoms with E-state index in [0.717, 1.165) is 12.0 Å². The van der Waals surface area contributed by atoms with Crippen LogP contribution in [0.1, 0.15) is 25.3 Å². The molecule has 0 spiro atoms. The Balaban J connectivity index is 2.63. The number of benzene rings is 1. The van der Waals surface area contributed by atoms with E-state index in [1.165, 1.54) is 12.1 Å². The van der Waals surface area contributed by atoms with Crippen LogP contribution >= 0.6 is 0 Å². The van der Waals surface area contributed by atoms with Crippen LogP contribution in [0.2, 0.25) is 0 Å². The van der Waals surface area contributed by atoms with Crippen molar-refractivity contribution >= 4 is 11.9 Å². The van der Waals surface area contributed by atoms with Crippen molar-refractivity contribution in [3.05, 3.63) is 29.8 Å². The van der Waals surface area contributed by atoms with E-state index < -0.39 is 12.0 Å². The van der Waals surface area contributed by atoms with Gasteiger partial charge in [-0.15, -0.1) is 0 Å². The molecule has 0 fully saturated rings. The van der Waals surface area contributed by atoms with Gasteiger partial charge >= 0.3 is 5.97 Å². The third-order valence-corrected chi connectivity index (χ3v) is 3.28. The number of amides is 1. The van der Waals surface area contributed by atoms with Gasteiger partial charge in [0, 0.05) is 12.3 Å².